The number of amides is 1. The summed E-state index contributed by atoms with van der Waals surface area (Å²) in [7, 11) is 0. The molecule has 162 valence electrons. The molecule has 6 nitrogen and oxygen atoms in total. The molecule has 0 fully saturated rings. The van der Waals surface area contributed by atoms with Gasteiger partial charge in [0.2, 0.25) is 0 Å². The van der Waals surface area contributed by atoms with Crippen LogP contribution >= 0.6 is 11.3 Å². The van der Waals surface area contributed by atoms with Gasteiger partial charge in [0.25, 0.3) is 11.5 Å². The number of thiazole rings is 1. The third kappa shape index (κ3) is 4.68. The lowest BCUT2D eigenvalue weighted by molar-refractivity contribution is 0.102. The summed E-state index contributed by atoms with van der Waals surface area (Å²) in [5.74, 6) is -0.366. The highest BCUT2D eigenvalue weighted by Crippen LogP contribution is 2.24. The van der Waals surface area contributed by atoms with E-state index in [1.165, 1.54) is 28.5 Å². The second-order valence-corrected chi connectivity index (χ2v) is 8.75. The number of pyridine rings is 2. The number of nitrogens with one attached hydrogen (secondary N) is 1. The van der Waals surface area contributed by atoms with Gasteiger partial charge in [0.15, 0.2) is 5.13 Å². The maximum absolute atomic E-state index is 12.7. The first-order valence-electron chi connectivity index (χ1n) is 10.3. The van der Waals surface area contributed by atoms with E-state index in [0.29, 0.717) is 22.9 Å². The third-order valence-electron chi connectivity index (χ3n) is 5.52. The van der Waals surface area contributed by atoms with Gasteiger partial charge in [0.1, 0.15) is 5.69 Å². The average Bonchev–Trinajstić information content (AvgIpc) is 3.22. The van der Waals surface area contributed by atoms with Gasteiger partial charge in [0.05, 0.1) is 12.2 Å². The molecule has 3 aromatic heterocycles. The number of benzene rings is 1. The van der Waals surface area contributed by atoms with Gasteiger partial charge in [-0.15, -0.1) is 11.3 Å². The lowest BCUT2D eigenvalue weighted by atomic mass is 10.1. The largest absolute Gasteiger partial charge is 0.311 e. The van der Waals surface area contributed by atoms with Crippen molar-refractivity contribution in [2.45, 2.75) is 34.2 Å². The first-order valence-corrected chi connectivity index (χ1v) is 11.2. The molecular weight excluding hydrogens is 420 g/mol. The van der Waals surface area contributed by atoms with Gasteiger partial charge in [-0.1, -0.05) is 24.3 Å². The zero-order chi connectivity index (χ0) is 22.8. The van der Waals surface area contributed by atoms with Crippen molar-refractivity contribution in [1.29, 1.82) is 0 Å². The fraction of sp³-hybridized carbons (Fsp3) is 0.200. The van der Waals surface area contributed by atoms with Gasteiger partial charge in [-0.05, 0) is 62.1 Å². The Balaban J connectivity index is 1.47. The summed E-state index contributed by atoms with van der Waals surface area (Å²) in [6, 6.07) is 13.1. The third-order valence-corrected chi connectivity index (χ3v) is 6.28. The van der Waals surface area contributed by atoms with Crippen LogP contribution in [0.2, 0.25) is 0 Å². The molecule has 0 aliphatic carbocycles. The van der Waals surface area contributed by atoms with Crippen LogP contribution in [0.25, 0.3) is 11.4 Å². The van der Waals surface area contributed by atoms with E-state index in [1.54, 1.807) is 16.8 Å². The van der Waals surface area contributed by atoms with Crippen LogP contribution in [0.15, 0.2) is 58.8 Å². The van der Waals surface area contributed by atoms with Crippen LogP contribution in [0.4, 0.5) is 5.13 Å². The molecule has 0 aliphatic heterocycles. The Morgan fingerprint density at radius 1 is 0.938 bits per heavy atom. The topological polar surface area (TPSA) is 76.9 Å². The number of rotatable bonds is 5. The van der Waals surface area contributed by atoms with E-state index in [4.69, 9.17) is 0 Å². The molecule has 1 N–H and O–H groups in total. The van der Waals surface area contributed by atoms with Gasteiger partial charge in [-0.2, -0.15) is 0 Å². The second kappa shape index (κ2) is 8.88. The Kier molecular flexibility index (Phi) is 6.01. The fourth-order valence-electron chi connectivity index (χ4n) is 3.27. The van der Waals surface area contributed by atoms with E-state index in [1.807, 2.05) is 43.5 Å². The number of anilines is 1. The highest BCUT2D eigenvalue weighted by molar-refractivity contribution is 7.14. The Hall–Kier alpha value is -3.58. The van der Waals surface area contributed by atoms with E-state index >= 15 is 0 Å². The van der Waals surface area contributed by atoms with Crippen molar-refractivity contribution in [3.63, 3.8) is 0 Å². The molecule has 4 aromatic rings. The molecule has 0 saturated heterocycles. The Labute approximate surface area is 190 Å². The van der Waals surface area contributed by atoms with Gasteiger partial charge < -0.3 is 4.57 Å². The molecule has 0 spiro atoms. The van der Waals surface area contributed by atoms with E-state index in [9.17, 15) is 9.59 Å². The van der Waals surface area contributed by atoms with Gasteiger partial charge in [0, 0.05) is 28.9 Å². The second-order valence-electron chi connectivity index (χ2n) is 7.89. The highest BCUT2D eigenvalue weighted by atomic mass is 32.1. The van der Waals surface area contributed by atoms with Gasteiger partial charge >= 0.3 is 0 Å². The van der Waals surface area contributed by atoms with Crippen molar-refractivity contribution in [3.05, 3.63) is 97.9 Å². The Morgan fingerprint density at radius 3 is 2.44 bits per heavy atom. The van der Waals surface area contributed by atoms with Crippen molar-refractivity contribution < 1.29 is 4.79 Å². The van der Waals surface area contributed by atoms with Gasteiger partial charge in [-0.3, -0.25) is 19.9 Å². The summed E-state index contributed by atoms with van der Waals surface area (Å²) in [5.41, 5.74) is 7.05. The molecule has 7 heteroatoms. The standard InChI is InChI=1S/C25H24N4O2S/c1-15-5-7-19(11-17(15)3)13-29-10-9-20(12-23(29)30)24(31)28-25-27-22(14-32-25)21-8-6-16(2)18(4)26-21/h5-12,14H,13H2,1-4H3,(H,27,28,31). The lowest BCUT2D eigenvalue weighted by Gasteiger charge is -2.09. The van der Waals surface area contributed by atoms with Crippen LogP contribution in [0.5, 0.6) is 0 Å². The van der Waals surface area contributed by atoms with Crippen molar-refractivity contribution in [2.75, 3.05) is 5.32 Å². The predicted octanol–water partition coefficient (Wildman–Crippen LogP) is 4.90. The number of aromatic nitrogens is 3. The average molecular weight is 445 g/mol. The number of carbonyl (C=O) groups excluding carboxylic acids is 1. The van der Waals surface area contributed by atoms with Gasteiger partial charge in [-0.25, -0.2) is 4.98 Å². The maximum atomic E-state index is 12.7. The van der Waals surface area contributed by atoms with Crippen LogP contribution in [0, 0.1) is 27.7 Å². The molecule has 1 aromatic carbocycles. The summed E-state index contributed by atoms with van der Waals surface area (Å²) in [5, 5.41) is 5.09. The van der Waals surface area contributed by atoms with Crippen molar-refractivity contribution in [2.24, 2.45) is 0 Å². The quantitative estimate of drug-likeness (QED) is 0.475. The van der Waals surface area contributed by atoms with Crippen LogP contribution in [0.1, 0.15) is 38.3 Å². The summed E-state index contributed by atoms with van der Waals surface area (Å²) in [4.78, 5) is 34.2. The lowest BCUT2D eigenvalue weighted by Crippen LogP contribution is -2.22. The Morgan fingerprint density at radius 2 is 1.72 bits per heavy atom. The van der Waals surface area contributed by atoms with Crippen LogP contribution in [-0.2, 0) is 6.54 Å². The van der Waals surface area contributed by atoms with Crippen LogP contribution in [0.3, 0.4) is 0 Å². The molecule has 0 bridgehead atoms. The molecule has 1 amide bonds. The highest BCUT2D eigenvalue weighted by Gasteiger charge is 2.12. The Bertz CT molecular complexity index is 1370. The molecule has 3 heterocycles. The summed E-state index contributed by atoms with van der Waals surface area (Å²) in [6.07, 6.45) is 1.65. The van der Waals surface area contributed by atoms with E-state index in [-0.39, 0.29) is 11.5 Å². The summed E-state index contributed by atoms with van der Waals surface area (Å²) in [6.45, 7) is 8.53. The molecular formula is C25H24N4O2S. The molecule has 0 atom stereocenters. The van der Waals surface area contributed by atoms with E-state index < -0.39 is 0 Å². The first-order chi connectivity index (χ1) is 15.3. The maximum Gasteiger partial charge on any atom is 0.257 e. The zero-order valence-electron chi connectivity index (χ0n) is 18.5. The van der Waals surface area contributed by atoms with Crippen LogP contribution in [-0.4, -0.2) is 20.4 Å². The number of aryl methyl sites for hydroxylation is 4. The van der Waals surface area contributed by atoms with E-state index in [2.05, 4.69) is 35.2 Å². The monoisotopic (exact) mass is 444 g/mol. The van der Waals surface area contributed by atoms with E-state index in [0.717, 1.165) is 22.5 Å². The summed E-state index contributed by atoms with van der Waals surface area (Å²) < 4.78 is 1.59. The van der Waals surface area contributed by atoms with Crippen molar-refractivity contribution >= 4 is 22.4 Å². The minimum absolute atomic E-state index is 0.227. The predicted molar refractivity (Wildman–Crippen MR) is 128 cm³/mol. The molecule has 0 saturated carbocycles. The zero-order valence-corrected chi connectivity index (χ0v) is 19.3. The number of carbonyl (C=O) groups is 1. The van der Waals surface area contributed by atoms with Crippen LogP contribution < -0.4 is 10.9 Å². The molecule has 32 heavy (non-hydrogen) atoms. The normalized spacial score (nSPS) is 10.9. The molecule has 0 aliphatic rings. The van der Waals surface area contributed by atoms with Crippen molar-refractivity contribution in [3.8, 4) is 11.4 Å². The SMILES string of the molecule is Cc1ccc(Cn2ccc(C(=O)Nc3nc(-c4ccc(C)c(C)n4)cs3)cc2=O)cc1C. The number of hydrogen-bond donors (Lipinski definition) is 1. The molecule has 0 unspecified atom stereocenters. The fourth-order valence-corrected chi connectivity index (χ4v) is 3.97. The molecule has 0 radical (unpaired) electrons. The smallest absolute Gasteiger partial charge is 0.257 e. The molecule has 4 rings (SSSR count). The minimum atomic E-state index is -0.366. The summed E-state index contributed by atoms with van der Waals surface area (Å²) >= 11 is 1.32. The minimum Gasteiger partial charge on any atom is -0.311 e. The first kappa shape index (κ1) is 21.6. The van der Waals surface area contributed by atoms with Crippen molar-refractivity contribution in [1.82, 2.24) is 14.5 Å². The number of hydrogen-bond acceptors (Lipinski definition) is 5. The number of nitrogens with zero attached hydrogens (tertiary/aromatic N) is 3.